The van der Waals surface area contributed by atoms with Gasteiger partial charge in [0, 0.05) is 36.9 Å². The Labute approximate surface area is 121 Å². The van der Waals surface area contributed by atoms with Crippen LogP contribution in [0.4, 0.5) is 0 Å². The Bertz CT molecular complexity index is 528. The first-order valence-corrected chi connectivity index (χ1v) is 7.66. The Balaban J connectivity index is 1.74. The van der Waals surface area contributed by atoms with Gasteiger partial charge < -0.3 is 5.32 Å². The van der Waals surface area contributed by atoms with Crippen LogP contribution in [0.2, 0.25) is 0 Å². The summed E-state index contributed by atoms with van der Waals surface area (Å²) in [7, 11) is 0. The van der Waals surface area contributed by atoms with Crippen molar-refractivity contribution < 1.29 is 0 Å². The molecule has 1 heterocycles. The molecule has 2 aromatic rings. The number of rotatable bonds is 7. The van der Waals surface area contributed by atoms with Crippen LogP contribution in [0.25, 0.3) is 0 Å². The van der Waals surface area contributed by atoms with Gasteiger partial charge in [-0.3, -0.25) is 4.68 Å². The van der Waals surface area contributed by atoms with Gasteiger partial charge in [0.15, 0.2) is 0 Å². The largest absolute Gasteiger partial charge is 0.313 e. The van der Waals surface area contributed by atoms with Crippen molar-refractivity contribution in [2.24, 2.45) is 0 Å². The summed E-state index contributed by atoms with van der Waals surface area (Å²) in [5.74, 6) is 0.527. The van der Waals surface area contributed by atoms with Gasteiger partial charge in [-0.2, -0.15) is 5.10 Å². The van der Waals surface area contributed by atoms with Gasteiger partial charge in [-0.15, -0.1) is 0 Å². The van der Waals surface area contributed by atoms with Crippen molar-refractivity contribution in [1.82, 2.24) is 15.1 Å². The molecule has 1 aromatic carbocycles. The number of aromatic nitrogens is 2. The fraction of sp³-hybridized carbons (Fsp3) is 0.471. The summed E-state index contributed by atoms with van der Waals surface area (Å²) in [5.41, 5.74) is 2.75. The molecule has 0 spiro atoms. The van der Waals surface area contributed by atoms with Crippen LogP contribution in [0.5, 0.6) is 0 Å². The Morgan fingerprint density at radius 2 is 2.05 bits per heavy atom. The maximum atomic E-state index is 4.39. The van der Waals surface area contributed by atoms with E-state index >= 15 is 0 Å². The second kappa shape index (κ2) is 6.23. The summed E-state index contributed by atoms with van der Waals surface area (Å²) in [6.45, 7) is 4.15. The predicted molar refractivity (Wildman–Crippen MR) is 81.8 cm³/mol. The Hall–Kier alpha value is -1.61. The topological polar surface area (TPSA) is 29.9 Å². The van der Waals surface area contributed by atoms with E-state index in [9.17, 15) is 0 Å². The number of nitrogens with zero attached hydrogens (tertiary/aromatic N) is 2. The van der Waals surface area contributed by atoms with E-state index in [0.717, 1.165) is 25.6 Å². The molecular formula is C17H23N3. The molecule has 0 radical (unpaired) electrons. The highest BCUT2D eigenvalue weighted by molar-refractivity contribution is 5.22. The monoisotopic (exact) mass is 269 g/mol. The molecule has 3 nitrogen and oxygen atoms in total. The van der Waals surface area contributed by atoms with Gasteiger partial charge in [-0.1, -0.05) is 30.3 Å². The average Bonchev–Trinajstić information content (AvgIpc) is 3.22. The molecule has 1 aliphatic carbocycles. The molecule has 0 saturated heterocycles. The highest BCUT2D eigenvalue weighted by atomic mass is 15.3. The van der Waals surface area contributed by atoms with Crippen molar-refractivity contribution in [3.63, 3.8) is 0 Å². The number of aryl methyl sites for hydroxylation is 1. The van der Waals surface area contributed by atoms with Crippen LogP contribution in [0, 0.1) is 0 Å². The third-order valence-corrected chi connectivity index (χ3v) is 4.06. The summed E-state index contributed by atoms with van der Waals surface area (Å²) in [6, 6.07) is 13.8. The standard InChI is InChI=1S/C17H23N3/c1-2-20-17(10-11-19-20)12-15(13-18-16-8-9-16)14-6-4-3-5-7-14/h3-7,10-11,15-16,18H,2,8-9,12-13H2,1H3. The van der Waals surface area contributed by atoms with Crippen LogP contribution in [0.15, 0.2) is 42.6 Å². The van der Waals surface area contributed by atoms with Gasteiger partial charge >= 0.3 is 0 Å². The van der Waals surface area contributed by atoms with Crippen LogP contribution >= 0.6 is 0 Å². The predicted octanol–water partition coefficient (Wildman–Crippen LogP) is 2.98. The van der Waals surface area contributed by atoms with Crippen molar-refractivity contribution in [2.75, 3.05) is 6.54 Å². The van der Waals surface area contributed by atoms with Gasteiger partial charge in [0.2, 0.25) is 0 Å². The van der Waals surface area contributed by atoms with Gasteiger partial charge in [-0.05, 0) is 37.8 Å². The van der Waals surface area contributed by atoms with Crippen LogP contribution in [0.1, 0.15) is 36.9 Å². The van der Waals surface area contributed by atoms with Crippen molar-refractivity contribution in [3.8, 4) is 0 Å². The molecule has 106 valence electrons. The zero-order chi connectivity index (χ0) is 13.8. The van der Waals surface area contributed by atoms with E-state index in [0.29, 0.717) is 5.92 Å². The zero-order valence-electron chi connectivity index (χ0n) is 12.1. The van der Waals surface area contributed by atoms with Gasteiger partial charge in [-0.25, -0.2) is 0 Å². The molecule has 3 heteroatoms. The van der Waals surface area contributed by atoms with E-state index in [2.05, 4.69) is 58.4 Å². The second-order valence-corrected chi connectivity index (χ2v) is 5.63. The molecular weight excluding hydrogens is 246 g/mol. The van der Waals surface area contributed by atoms with Crippen LogP contribution in [-0.4, -0.2) is 22.4 Å². The highest BCUT2D eigenvalue weighted by Crippen LogP contribution is 2.24. The number of hydrogen-bond acceptors (Lipinski definition) is 2. The SMILES string of the molecule is CCn1nccc1CC(CNC1CC1)c1ccccc1. The van der Waals surface area contributed by atoms with E-state index in [4.69, 9.17) is 0 Å². The van der Waals surface area contributed by atoms with Gasteiger partial charge in [0.05, 0.1) is 0 Å². The molecule has 1 saturated carbocycles. The molecule has 1 aliphatic rings. The number of hydrogen-bond donors (Lipinski definition) is 1. The molecule has 1 unspecified atom stereocenters. The first kappa shape index (κ1) is 13.4. The fourth-order valence-corrected chi connectivity index (χ4v) is 2.70. The van der Waals surface area contributed by atoms with E-state index in [-0.39, 0.29) is 0 Å². The average molecular weight is 269 g/mol. The van der Waals surface area contributed by atoms with Crippen molar-refractivity contribution in [1.29, 1.82) is 0 Å². The third kappa shape index (κ3) is 3.28. The van der Waals surface area contributed by atoms with E-state index in [1.807, 2.05) is 6.20 Å². The molecule has 1 aromatic heterocycles. The Morgan fingerprint density at radius 3 is 2.75 bits per heavy atom. The minimum absolute atomic E-state index is 0.527. The molecule has 0 amide bonds. The zero-order valence-corrected chi connectivity index (χ0v) is 12.1. The second-order valence-electron chi connectivity index (χ2n) is 5.63. The normalized spacial score (nSPS) is 16.2. The minimum Gasteiger partial charge on any atom is -0.313 e. The summed E-state index contributed by atoms with van der Waals surface area (Å²) in [6.07, 6.45) is 5.65. The van der Waals surface area contributed by atoms with E-state index in [1.165, 1.54) is 24.1 Å². The third-order valence-electron chi connectivity index (χ3n) is 4.06. The lowest BCUT2D eigenvalue weighted by atomic mass is 9.94. The van der Waals surface area contributed by atoms with Crippen LogP contribution < -0.4 is 5.32 Å². The van der Waals surface area contributed by atoms with Crippen molar-refractivity contribution in [3.05, 3.63) is 53.9 Å². The van der Waals surface area contributed by atoms with E-state index < -0.39 is 0 Å². The molecule has 0 bridgehead atoms. The Morgan fingerprint density at radius 1 is 1.25 bits per heavy atom. The Kier molecular flexibility index (Phi) is 4.16. The molecule has 1 atom stereocenters. The quantitative estimate of drug-likeness (QED) is 0.837. The molecule has 1 fully saturated rings. The van der Waals surface area contributed by atoms with Crippen molar-refractivity contribution >= 4 is 0 Å². The maximum Gasteiger partial charge on any atom is 0.0492 e. The first-order valence-electron chi connectivity index (χ1n) is 7.66. The highest BCUT2D eigenvalue weighted by Gasteiger charge is 2.23. The lowest BCUT2D eigenvalue weighted by Crippen LogP contribution is -2.25. The van der Waals surface area contributed by atoms with Gasteiger partial charge in [0.1, 0.15) is 0 Å². The first-order chi connectivity index (χ1) is 9.86. The van der Waals surface area contributed by atoms with Gasteiger partial charge in [0.25, 0.3) is 0 Å². The van der Waals surface area contributed by atoms with Crippen LogP contribution in [0.3, 0.4) is 0 Å². The molecule has 3 rings (SSSR count). The van der Waals surface area contributed by atoms with E-state index in [1.54, 1.807) is 0 Å². The lowest BCUT2D eigenvalue weighted by Gasteiger charge is -2.18. The fourth-order valence-electron chi connectivity index (χ4n) is 2.70. The summed E-state index contributed by atoms with van der Waals surface area (Å²) in [5, 5.41) is 8.06. The summed E-state index contributed by atoms with van der Waals surface area (Å²) < 4.78 is 2.10. The minimum atomic E-state index is 0.527. The summed E-state index contributed by atoms with van der Waals surface area (Å²) in [4.78, 5) is 0. The number of benzene rings is 1. The summed E-state index contributed by atoms with van der Waals surface area (Å²) >= 11 is 0. The molecule has 1 N–H and O–H groups in total. The smallest absolute Gasteiger partial charge is 0.0492 e. The van der Waals surface area contributed by atoms with Crippen molar-refractivity contribution in [2.45, 2.75) is 44.7 Å². The molecule has 0 aliphatic heterocycles. The lowest BCUT2D eigenvalue weighted by molar-refractivity contribution is 0.542. The molecule has 20 heavy (non-hydrogen) atoms. The maximum absolute atomic E-state index is 4.39. The number of nitrogens with one attached hydrogen (secondary N) is 1. The van der Waals surface area contributed by atoms with Crippen LogP contribution in [-0.2, 0) is 13.0 Å².